The maximum absolute atomic E-state index is 12.4. The van der Waals surface area contributed by atoms with E-state index in [1.807, 2.05) is 36.4 Å². The molecule has 2 N–H and O–H groups in total. The van der Waals surface area contributed by atoms with E-state index in [2.05, 4.69) is 27.5 Å². The minimum absolute atomic E-state index is 0.0517. The molecule has 0 aromatic heterocycles. The molecule has 156 valence electrons. The van der Waals surface area contributed by atoms with Crippen LogP contribution in [0.4, 0.5) is 4.79 Å². The maximum atomic E-state index is 12.4. The van der Waals surface area contributed by atoms with Gasteiger partial charge in [0.1, 0.15) is 18.7 Å². The van der Waals surface area contributed by atoms with Gasteiger partial charge in [-0.15, -0.1) is 0 Å². The zero-order valence-electron chi connectivity index (χ0n) is 16.4. The molecule has 0 saturated carbocycles. The van der Waals surface area contributed by atoms with E-state index in [9.17, 15) is 14.4 Å². The Bertz CT molecular complexity index is 934. The van der Waals surface area contributed by atoms with Crippen LogP contribution < -0.4 is 10.6 Å². The number of thioether (sulfide) groups is 1. The van der Waals surface area contributed by atoms with Gasteiger partial charge in [-0.1, -0.05) is 48.5 Å². The third-order valence-electron chi connectivity index (χ3n) is 5.32. The molecule has 8 heteroatoms. The van der Waals surface area contributed by atoms with Gasteiger partial charge in [-0.2, -0.15) is 11.8 Å². The number of esters is 1. The van der Waals surface area contributed by atoms with Crippen LogP contribution in [0.1, 0.15) is 17.0 Å². The molecule has 1 aliphatic heterocycles. The van der Waals surface area contributed by atoms with Crippen LogP contribution in [0.3, 0.4) is 0 Å². The van der Waals surface area contributed by atoms with Crippen molar-refractivity contribution in [3.05, 3.63) is 59.7 Å². The van der Waals surface area contributed by atoms with Crippen molar-refractivity contribution in [1.29, 1.82) is 0 Å². The first-order chi connectivity index (χ1) is 14.6. The predicted molar refractivity (Wildman–Crippen MR) is 113 cm³/mol. The van der Waals surface area contributed by atoms with Crippen LogP contribution in [-0.4, -0.2) is 55.3 Å². The summed E-state index contributed by atoms with van der Waals surface area (Å²) in [6.07, 6.45) is -0.658. The Labute approximate surface area is 178 Å². The molecule has 2 atom stereocenters. The van der Waals surface area contributed by atoms with Gasteiger partial charge in [0, 0.05) is 17.4 Å². The van der Waals surface area contributed by atoms with Gasteiger partial charge in [-0.3, -0.25) is 4.79 Å². The lowest BCUT2D eigenvalue weighted by Crippen LogP contribution is -2.51. The quantitative estimate of drug-likeness (QED) is 0.729. The lowest BCUT2D eigenvalue weighted by atomic mass is 9.98. The van der Waals surface area contributed by atoms with E-state index in [-0.39, 0.29) is 12.5 Å². The number of carbonyl (C=O) groups is 3. The lowest BCUT2D eigenvalue weighted by molar-refractivity contribution is -0.144. The second-order valence-corrected chi connectivity index (χ2v) is 8.22. The van der Waals surface area contributed by atoms with Crippen molar-refractivity contribution in [2.24, 2.45) is 0 Å². The lowest BCUT2D eigenvalue weighted by Gasteiger charge is -2.18. The summed E-state index contributed by atoms with van der Waals surface area (Å²) in [5.74, 6) is -0.240. The molecule has 2 aliphatic rings. The Hall–Kier alpha value is -3.00. The zero-order chi connectivity index (χ0) is 21.1. The summed E-state index contributed by atoms with van der Waals surface area (Å²) in [7, 11) is 1.27. The Kier molecular flexibility index (Phi) is 5.94. The zero-order valence-corrected chi connectivity index (χ0v) is 17.2. The van der Waals surface area contributed by atoms with Crippen LogP contribution >= 0.6 is 11.8 Å². The second-order valence-electron chi connectivity index (χ2n) is 7.14. The standard InChI is InChI=1S/C22H22N2O5S/c1-28-21(26)19-12-30-11-18(20(25)23-19)24-22(27)29-10-17-15-8-4-2-6-13(15)14-7-3-5-9-16(14)17/h2-9,17-19H,10-12H2,1H3,(H,23,25)(H,24,27)/t18-,19+/m0/s1. The van der Waals surface area contributed by atoms with Gasteiger partial charge in [0.15, 0.2) is 0 Å². The van der Waals surface area contributed by atoms with Crippen LogP contribution in [-0.2, 0) is 19.1 Å². The SMILES string of the molecule is COC(=O)[C@H]1CSC[C@H](NC(=O)OCC2c3ccccc3-c3ccccc32)C(=O)N1. The molecule has 1 fully saturated rings. The van der Waals surface area contributed by atoms with Crippen LogP contribution in [0, 0.1) is 0 Å². The van der Waals surface area contributed by atoms with Crippen molar-refractivity contribution in [3.8, 4) is 11.1 Å². The number of methoxy groups -OCH3 is 1. The number of rotatable bonds is 4. The Morgan fingerprint density at radius 3 is 2.33 bits per heavy atom. The highest BCUT2D eigenvalue weighted by Gasteiger charge is 2.32. The fourth-order valence-electron chi connectivity index (χ4n) is 3.85. The molecule has 1 aliphatic carbocycles. The summed E-state index contributed by atoms with van der Waals surface area (Å²) in [6, 6.07) is 14.7. The third-order valence-corrected chi connectivity index (χ3v) is 6.46. The van der Waals surface area contributed by atoms with E-state index in [1.54, 1.807) is 0 Å². The first kappa shape index (κ1) is 20.3. The fraction of sp³-hybridized carbons (Fsp3) is 0.318. The monoisotopic (exact) mass is 426 g/mol. The summed E-state index contributed by atoms with van der Waals surface area (Å²) in [5, 5.41) is 5.22. The molecule has 1 saturated heterocycles. The minimum Gasteiger partial charge on any atom is -0.467 e. The van der Waals surface area contributed by atoms with Crippen molar-refractivity contribution < 1.29 is 23.9 Å². The molecule has 0 bridgehead atoms. The van der Waals surface area contributed by atoms with E-state index < -0.39 is 30.1 Å². The number of benzene rings is 2. The van der Waals surface area contributed by atoms with E-state index in [0.717, 1.165) is 22.3 Å². The number of hydrogen-bond donors (Lipinski definition) is 2. The van der Waals surface area contributed by atoms with E-state index in [1.165, 1.54) is 18.9 Å². The van der Waals surface area contributed by atoms with Crippen molar-refractivity contribution >= 4 is 29.7 Å². The van der Waals surface area contributed by atoms with Crippen molar-refractivity contribution in [2.75, 3.05) is 25.2 Å². The second kappa shape index (κ2) is 8.79. The number of amides is 2. The van der Waals surface area contributed by atoms with Gasteiger partial charge in [0.05, 0.1) is 7.11 Å². The van der Waals surface area contributed by atoms with Gasteiger partial charge in [-0.05, 0) is 22.3 Å². The summed E-state index contributed by atoms with van der Waals surface area (Å²) < 4.78 is 10.2. The Morgan fingerprint density at radius 2 is 1.70 bits per heavy atom. The largest absolute Gasteiger partial charge is 0.467 e. The van der Waals surface area contributed by atoms with Crippen LogP contribution in [0.2, 0.25) is 0 Å². The minimum atomic E-state index is -0.777. The average Bonchev–Trinajstić information content (AvgIpc) is 2.97. The van der Waals surface area contributed by atoms with Crippen LogP contribution in [0.5, 0.6) is 0 Å². The highest BCUT2D eigenvalue weighted by Crippen LogP contribution is 2.44. The molecule has 30 heavy (non-hydrogen) atoms. The molecule has 2 amide bonds. The molecular weight excluding hydrogens is 404 g/mol. The topological polar surface area (TPSA) is 93.7 Å². The molecule has 4 rings (SSSR count). The van der Waals surface area contributed by atoms with Gasteiger partial charge < -0.3 is 20.1 Å². The third kappa shape index (κ3) is 4.00. The van der Waals surface area contributed by atoms with Crippen molar-refractivity contribution in [2.45, 2.75) is 18.0 Å². The molecule has 0 spiro atoms. The molecule has 0 unspecified atom stereocenters. The average molecular weight is 426 g/mol. The van der Waals surface area contributed by atoms with Crippen molar-refractivity contribution in [3.63, 3.8) is 0 Å². The van der Waals surface area contributed by atoms with E-state index >= 15 is 0 Å². The smallest absolute Gasteiger partial charge is 0.407 e. The number of fused-ring (bicyclic) bond motifs is 3. The first-order valence-corrected chi connectivity index (χ1v) is 10.8. The highest BCUT2D eigenvalue weighted by molar-refractivity contribution is 7.99. The van der Waals surface area contributed by atoms with Crippen molar-refractivity contribution in [1.82, 2.24) is 10.6 Å². The number of alkyl carbamates (subject to hydrolysis) is 1. The highest BCUT2D eigenvalue weighted by atomic mass is 32.2. The number of carbonyl (C=O) groups excluding carboxylic acids is 3. The van der Waals surface area contributed by atoms with Gasteiger partial charge in [-0.25, -0.2) is 9.59 Å². The molecular formula is C22H22N2O5S. The number of ether oxygens (including phenoxy) is 2. The molecule has 0 radical (unpaired) electrons. The molecule has 1 heterocycles. The summed E-state index contributed by atoms with van der Waals surface area (Å²) >= 11 is 1.39. The fourth-order valence-corrected chi connectivity index (χ4v) is 4.91. The summed E-state index contributed by atoms with van der Waals surface area (Å²) in [5.41, 5.74) is 4.54. The Balaban J connectivity index is 1.39. The number of hydrogen-bond acceptors (Lipinski definition) is 6. The van der Waals surface area contributed by atoms with Crippen LogP contribution in [0.25, 0.3) is 11.1 Å². The van der Waals surface area contributed by atoms with Crippen LogP contribution in [0.15, 0.2) is 48.5 Å². The predicted octanol–water partition coefficient (Wildman–Crippen LogP) is 2.30. The van der Waals surface area contributed by atoms with Gasteiger partial charge >= 0.3 is 12.1 Å². The first-order valence-electron chi connectivity index (χ1n) is 9.66. The molecule has 2 aromatic rings. The number of nitrogens with one attached hydrogen (secondary N) is 2. The summed E-state index contributed by atoms with van der Waals surface area (Å²) in [6.45, 7) is 0.173. The van der Waals surface area contributed by atoms with Gasteiger partial charge in [0.25, 0.3) is 0 Å². The molecule has 7 nitrogen and oxygen atoms in total. The Morgan fingerprint density at radius 1 is 1.07 bits per heavy atom. The summed E-state index contributed by atoms with van der Waals surface area (Å²) in [4.78, 5) is 36.5. The van der Waals surface area contributed by atoms with Gasteiger partial charge in [0.2, 0.25) is 5.91 Å². The molecule has 2 aromatic carbocycles. The normalized spacial score (nSPS) is 20.4. The van der Waals surface area contributed by atoms with E-state index in [4.69, 9.17) is 4.74 Å². The maximum Gasteiger partial charge on any atom is 0.407 e. The van der Waals surface area contributed by atoms with E-state index in [0.29, 0.717) is 11.5 Å².